The topological polar surface area (TPSA) is 38.3 Å². The van der Waals surface area contributed by atoms with Gasteiger partial charge in [0.1, 0.15) is 6.61 Å². The van der Waals surface area contributed by atoms with Crippen molar-refractivity contribution in [2.75, 3.05) is 0 Å². The van der Waals surface area contributed by atoms with Crippen LogP contribution in [0.3, 0.4) is 0 Å². The van der Waals surface area contributed by atoms with Crippen LogP contribution in [0.5, 0.6) is 0 Å². The standard InChI is InChI=1S/C16H21NO2/c1-2-10-16(11-6-7-12-16)17-15(18)19-13-14-8-4-3-5-9-14/h2-5,8-9H,1,6-7,10-13H2,(H,17,18). The fourth-order valence-corrected chi connectivity index (χ4v) is 2.68. The highest BCUT2D eigenvalue weighted by Crippen LogP contribution is 2.32. The van der Waals surface area contributed by atoms with E-state index in [1.807, 2.05) is 36.4 Å². The van der Waals surface area contributed by atoms with Gasteiger partial charge in [-0.3, -0.25) is 0 Å². The number of amides is 1. The molecule has 1 aromatic carbocycles. The van der Waals surface area contributed by atoms with Gasteiger partial charge in [-0.05, 0) is 24.8 Å². The zero-order valence-corrected chi connectivity index (χ0v) is 11.2. The molecule has 0 aromatic heterocycles. The monoisotopic (exact) mass is 259 g/mol. The average molecular weight is 259 g/mol. The van der Waals surface area contributed by atoms with Crippen LogP contribution >= 0.6 is 0 Å². The van der Waals surface area contributed by atoms with Gasteiger partial charge in [0.05, 0.1) is 0 Å². The van der Waals surface area contributed by atoms with Crippen LogP contribution in [0.15, 0.2) is 43.0 Å². The van der Waals surface area contributed by atoms with E-state index < -0.39 is 0 Å². The second-order valence-electron chi connectivity index (χ2n) is 5.17. The lowest BCUT2D eigenvalue weighted by Gasteiger charge is -2.28. The van der Waals surface area contributed by atoms with Gasteiger partial charge in [0.2, 0.25) is 0 Å². The van der Waals surface area contributed by atoms with E-state index in [9.17, 15) is 4.79 Å². The smallest absolute Gasteiger partial charge is 0.407 e. The van der Waals surface area contributed by atoms with Gasteiger partial charge in [-0.1, -0.05) is 49.2 Å². The van der Waals surface area contributed by atoms with Gasteiger partial charge < -0.3 is 10.1 Å². The Bertz CT molecular complexity index is 422. The van der Waals surface area contributed by atoms with Crippen molar-refractivity contribution < 1.29 is 9.53 Å². The summed E-state index contributed by atoms with van der Waals surface area (Å²) >= 11 is 0. The van der Waals surface area contributed by atoms with Crippen LogP contribution in [0.1, 0.15) is 37.7 Å². The lowest BCUT2D eigenvalue weighted by Crippen LogP contribution is -2.46. The second kappa shape index (κ2) is 6.41. The summed E-state index contributed by atoms with van der Waals surface area (Å²) < 4.78 is 5.28. The third-order valence-electron chi connectivity index (χ3n) is 3.68. The molecule has 1 fully saturated rings. The fraction of sp³-hybridized carbons (Fsp3) is 0.438. The van der Waals surface area contributed by atoms with E-state index >= 15 is 0 Å². The third-order valence-corrected chi connectivity index (χ3v) is 3.68. The SMILES string of the molecule is C=CCC1(NC(=O)OCc2ccccc2)CCCC1. The molecule has 0 atom stereocenters. The molecule has 1 aromatic rings. The van der Waals surface area contributed by atoms with Crippen molar-refractivity contribution in [1.29, 1.82) is 0 Å². The highest BCUT2D eigenvalue weighted by atomic mass is 16.5. The number of hydrogen-bond donors (Lipinski definition) is 1. The predicted molar refractivity (Wildman–Crippen MR) is 75.8 cm³/mol. The summed E-state index contributed by atoms with van der Waals surface area (Å²) in [5.74, 6) is 0. The Kier molecular flexibility index (Phi) is 4.61. The number of carbonyl (C=O) groups is 1. The number of alkyl carbamates (subject to hydrolysis) is 1. The number of rotatable bonds is 5. The van der Waals surface area contributed by atoms with Crippen LogP contribution < -0.4 is 5.32 Å². The molecule has 0 bridgehead atoms. The van der Waals surface area contributed by atoms with E-state index in [0.717, 1.165) is 37.7 Å². The molecule has 0 radical (unpaired) electrons. The van der Waals surface area contributed by atoms with Gasteiger partial charge >= 0.3 is 6.09 Å². The van der Waals surface area contributed by atoms with Crippen molar-refractivity contribution in [3.05, 3.63) is 48.6 Å². The summed E-state index contributed by atoms with van der Waals surface area (Å²) in [4.78, 5) is 11.9. The zero-order chi connectivity index (χ0) is 13.6. The van der Waals surface area contributed by atoms with E-state index in [2.05, 4.69) is 11.9 Å². The maximum absolute atomic E-state index is 11.9. The van der Waals surface area contributed by atoms with Crippen molar-refractivity contribution in [3.8, 4) is 0 Å². The Labute approximate surface area is 114 Å². The molecular formula is C16H21NO2. The Hall–Kier alpha value is -1.77. The first kappa shape index (κ1) is 13.7. The van der Waals surface area contributed by atoms with E-state index in [1.165, 1.54) is 0 Å². The van der Waals surface area contributed by atoms with Crippen LogP contribution in [0.25, 0.3) is 0 Å². The molecule has 1 amide bonds. The normalized spacial score (nSPS) is 16.8. The van der Waals surface area contributed by atoms with E-state index in [-0.39, 0.29) is 11.6 Å². The lowest BCUT2D eigenvalue weighted by molar-refractivity contribution is 0.126. The highest BCUT2D eigenvalue weighted by molar-refractivity contribution is 5.68. The van der Waals surface area contributed by atoms with E-state index in [4.69, 9.17) is 4.74 Å². The first-order valence-electron chi connectivity index (χ1n) is 6.84. The first-order valence-corrected chi connectivity index (χ1v) is 6.84. The van der Waals surface area contributed by atoms with Crippen LogP contribution in [-0.2, 0) is 11.3 Å². The largest absolute Gasteiger partial charge is 0.445 e. The summed E-state index contributed by atoms with van der Waals surface area (Å²) in [5.41, 5.74) is 0.872. The maximum atomic E-state index is 11.9. The number of carbonyl (C=O) groups excluding carboxylic acids is 1. The van der Waals surface area contributed by atoms with Crippen LogP contribution in [0, 0.1) is 0 Å². The summed E-state index contributed by atoms with van der Waals surface area (Å²) in [6, 6.07) is 9.71. The summed E-state index contributed by atoms with van der Waals surface area (Å²) in [6.45, 7) is 4.09. The minimum Gasteiger partial charge on any atom is -0.445 e. The van der Waals surface area contributed by atoms with Crippen molar-refractivity contribution in [1.82, 2.24) is 5.32 Å². The van der Waals surface area contributed by atoms with Crippen molar-refractivity contribution in [3.63, 3.8) is 0 Å². The van der Waals surface area contributed by atoms with Gasteiger partial charge in [0.15, 0.2) is 0 Å². The Morgan fingerprint density at radius 3 is 2.63 bits per heavy atom. The molecule has 2 rings (SSSR count). The molecule has 102 valence electrons. The van der Waals surface area contributed by atoms with Crippen LogP contribution in [0.4, 0.5) is 4.79 Å². The minimum atomic E-state index is -0.326. The first-order chi connectivity index (χ1) is 9.24. The average Bonchev–Trinajstić information content (AvgIpc) is 2.86. The number of nitrogens with one attached hydrogen (secondary N) is 1. The van der Waals surface area contributed by atoms with Gasteiger partial charge in [-0.2, -0.15) is 0 Å². The van der Waals surface area contributed by atoms with E-state index in [0.29, 0.717) is 6.61 Å². The number of ether oxygens (including phenoxy) is 1. The van der Waals surface area contributed by atoms with Crippen molar-refractivity contribution >= 4 is 6.09 Å². The number of benzene rings is 1. The molecule has 1 aliphatic carbocycles. The molecule has 1 N–H and O–H groups in total. The maximum Gasteiger partial charge on any atom is 0.407 e. The summed E-state index contributed by atoms with van der Waals surface area (Å²) in [6.07, 6.45) is 6.71. The fourth-order valence-electron chi connectivity index (χ4n) is 2.68. The highest BCUT2D eigenvalue weighted by Gasteiger charge is 2.34. The van der Waals surface area contributed by atoms with Crippen molar-refractivity contribution in [2.45, 2.75) is 44.2 Å². The van der Waals surface area contributed by atoms with Crippen LogP contribution in [0.2, 0.25) is 0 Å². The Morgan fingerprint density at radius 1 is 1.32 bits per heavy atom. The zero-order valence-electron chi connectivity index (χ0n) is 11.2. The van der Waals surface area contributed by atoms with Crippen LogP contribution in [-0.4, -0.2) is 11.6 Å². The molecule has 1 aliphatic rings. The molecule has 3 nitrogen and oxygen atoms in total. The third kappa shape index (κ3) is 3.85. The Morgan fingerprint density at radius 2 is 2.00 bits per heavy atom. The Balaban J connectivity index is 1.84. The molecule has 3 heteroatoms. The van der Waals surface area contributed by atoms with Gasteiger partial charge in [0.25, 0.3) is 0 Å². The summed E-state index contributed by atoms with van der Waals surface area (Å²) in [7, 11) is 0. The van der Waals surface area contributed by atoms with Gasteiger partial charge in [0, 0.05) is 5.54 Å². The molecule has 0 spiro atoms. The quantitative estimate of drug-likeness (QED) is 0.817. The summed E-state index contributed by atoms with van der Waals surface area (Å²) in [5, 5.41) is 3.03. The molecule has 1 saturated carbocycles. The number of hydrogen-bond acceptors (Lipinski definition) is 2. The molecular weight excluding hydrogens is 238 g/mol. The van der Waals surface area contributed by atoms with E-state index in [1.54, 1.807) is 0 Å². The molecule has 0 unspecified atom stereocenters. The molecule has 19 heavy (non-hydrogen) atoms. The van der Waals surface area contributed by atoms with Gasteiger partial charge in [-0.15, -0.1) is 6.58 Å². The lowest BCUT2D eigenvalue weighted by atomic mass is 9.93. The minimum absolute atomic E-state index is 0.129. The molecule has 0 heterocycles. The predicted octanol–water partition coefficient (Wildman–Crippen LogP) is 3.80. The van der Waals surface area contributed by atoms with Gasteiger partial charge in [-0.25, -0.2) is 4.79 Å². The van der Waals surface area contributed by atoms with Crippen molar-refractivity contribution in [2.24, 2.45) is 0 Å². The molecule has 0 aliphatic heterocycles. The molecule has 0 saturated heterocycles. The second-order valence-corrected chi connectivity index (χ2v) is 5.17.